The summed E-state index contributed by atoms with van der Waals surface area (Å²) in [4.78, 5) is 27.1. The monoisotopic (exact) mass is 470 g/mol. The Morgan fingerprint density at radius 3 is 2.50 bits per heavy atom. The van der Waals surface area contributed by atoms with E-state index in [1.54, 1.807) is 42.2 Å². The van der Waals surface area contributed by atoms with Gasteiger partial charge in [0.2, 0.25) is 0 Å². The number of nitrogens with one attached hydrogen (secondary N) is 1. The van der Waals surface area contributed by atoms with Crippen molar-refractivity contribution in [3.8, 4) is 0 Å². The molecule has 7 heteroatoms. The van der Waals surface area contributed by atoms with E-state index in [0.717, 1.165) is 18.4 Å². The maximum absolute atomic E-state index is 13.5. The Labute approximate surface area is 202 Å². The van der Waals surface area contributed by atoms with Crippen LogP contribution in [0.2, 0.25) is 0 Å². The van der Waals surface area contributed by atoms with E-state index < -0.39 is 29.4 Å². The van der Waals surface area contributed by atoms with Crippen LogP contribution in [0.3, 0.4) is 0 Å². The number of hydrogen-bond donors (Lipinski definition) is 4. The summed E-state index contributed by atoms with van der Waals surface area (Å²) in [7, 11) is 0. The van der Waals surface area contributed by atoms with Gasteiger partial charge < -0.3 is 25.5 Å². The van der Waals surface area contributed by atoms with E-state index in [1.807, 2.05) is 13.0 Å². The van der Waals surface area contributed by atoms with Gasteiger partial charge in [0, 0.05) is 30.3 Å². The highest BCUT2D eigenvalue weighted by Crippen LogP contribution is 2.46. The average molecular weight is 471 g/mol. The lowest BCUT2D eigenvalue weighted by Gasteiger charge is -2.27. The van der Waals surface area contributed by atoms with Crippen LogP contribution in [0.1, 0.15) is 59.4 Å². The van der Waals surface area contributed by atoms with Gasteiger partial charge in [-0.25, -0.2) is 0 Å². The highest BCUT2D eigenvalue weighted by molar-refractivity contribution is 6.08. The van der Waals surface area contributed by atoms with Gasteiger partial charge in [-0.3, -0.25) is 9.59 Å². The van der Waals surface area contributed by atoms with Crippen LogP contribution in [0.5, 0.6) is 0 Å². The highest BCUT2D eigenvalue weighted by atomic mass is 16.3. The quantitative estimate of drug-likeness (QED) is 0.368. The van der Waals surface area contributed by atoms with Crippen LogP contribution in [0.4, 0.5) is 11.4 Å². The van der Waals surface area contributed by atoms with Crippen LogP contribution in [0.15, 0.2) is 53.6 Å². The highest BCUT2D eigenvalue weighted by Gasteiger charge is 2.52. The molecule has 3 atom stereocenters. The van der Waals surface area contributed by atoms with Gasteiger partial charge in [-0.1, -0.05) is 42.4 Å². The molecule has 1 aromatic rings. The Bertz CT molecular complexity index is 975. The molecule has 2 rings (SSSR count). The second-order valence-electron chi connectivity index (χ2n) is 9.18. The third kappa shape index (κ3) is 6.44. The first-order valence-corrected chi connectivity index (χ1v) is 11.8. The summed E-state index contributed by atoms with van der Waals surface area (Å²) in [5.74, 6) is -1.58. The van der Waals surface area contributed by atoms with E-state index in [-0.39, 0.29) is 6.61 Å². The Hall–Kier alpha value is -2.74. The van der Waals surface area contributed by atoms with Crippen LogP contribution in [0, 0.1) is 5.92 Å². The zero-order valence-corrected chi connectivity index (χ0v) is 20.8. The third-order valence-electron chi connectivity index (χ3n) is 6.01. The fraction of sp³-hybridized carbons (Fsp3) is 0.481. The van der Waals surface area contributed by atoms with Crippen molar-refractivity contribution in [2.24, 2.45) is 5.92 Å². The molecule has 0 radical (unpaired) electrons. The van der Waals surface area contributed by atoms with Crippen molar-refractivity contribution >= 4 is 23.2 Å². The minimum absolute atomic E-state index is 0.0232. The number of amides is 2. The molecule has 1 aliphatic rings. The molecule has 0 unspecified atom stereocenters. The number of hydrogen-bond acceptors (Lipinski definition) is 5. The largest absolute Gasteiger partial charge is 0.396 e. The molecule has 1 aliphatic heterocycles. The van der Waals surface area contributed by atoms with Gasteiger partial charge in [-0.2, -0.15) is 0 Å². The van der Waals surface area contributed by atoms with Crippen molar-refractivity contribution in [1.29, 1.82) is 0 Å². The van der Waals surface area contributed by atoms with Crippen molar-refractivity contribution in [2.75, 3.05) is 23.4 Å². The van der Waals surface area contributed by atoms with Crippen LogP contribution >= 0.6 is 0 Å². The predicted octanol–water partition coefficient (Wildman–Crippen LogP) is 3.81. The molecule has 0 aromatic heterocycles. The van der Waals surface area contributed by atoms with E-state index in [4.69, 9.17) is 5.11 Å². The van der Waals surface area contributed by atoms with Crippen molar-refractivity contribution < 1.29 is 24.9 Å². The lowest BCUT2D eigenvalue weighted by Crippen LogP contribution is -2.44. The summed E-state index contributed by atoms with van der Waals surface area (Å²) in [6.45, 7) is 9.57. The zero-order valence-electron chi connectivity index (χ0n) is 20.8. The first-order valence-electron chi connectivity index (χ1n) is 11.8. The second-order valence-corrected chi connectivity index (χ2v) is 9.18. The topological polar surface area (TPSA) is 110 Å². The molecule has 0 fully saturated rings. The van der Waals surface area contributed by atoms with Crippen LogP contribution in [0.25, 0.3) is 0 Å². The fourth-order valence-electron chi connectivity index (χ4n) is 3.90. The second kappa shape index (κ2) is 12.1. The summed E-state index contributed by atoms with van der Waals surface area (Å²) in [6.07, 6.45) is 8.69. The number of nitrogens with zero attached hydrogens (tertiary/aromatic N) is 1. The number of benzene rings is 1. The predicted molar refractivity (Wildman–Crippen MR) is 135 cm³/mol. The normalized spacial score (nSPS) is 19.8. The number of fused-ring (bicyclic) bond motifs is 1. The van der Waals surface area contributed by atoms with Crippen molar-refractivity contribution in [3.63, 3.8) is 0 Å². The molecule has 1 aromatic carbocycles. The van der Waals surface area contributed by atoms with Gasteiger partial charge >= 0.3 is 0 Å². The molecule has 0 spiro atoms. The fourth-order valence-corrected chi connectivity index (χ4v) is 3.90. The zero-order chi connectivity index (χ0) is 25.5. The molecule has 186 valence electrons. The summed E-state index contributed by atoms with van der Waals surface area (Å²) in [5.41, 5.74) is 1.97. The Balaban J connectivity index is 2.41. The van der Waals surface area contributed by atoms with E-state index >= 15 is 0 Å². The van der Waals surface area contributed by atoms with E-state index in [9.17, 15) is 19.8 Å². The van der Waals surface area contributed by atoms with E-state index in [1.165, 1.54) is 12.5 Å². The number of rotatable bonds is 11. The number of aliphatic hydroxyl groups excluding tert-OH is 2. The van der Waals surface area contributed by atoms with Gasteiger partial charge in [0.15, 0.2) is 5.60 Å². The lowest BCUT2D eigenvalue weighted by molar-refractivity contribution is -0.139. The van der Waals surface area contributed by atoms with Crippen LogP contribution in [-0.2, 0) is 15.2 Å². The maximum atomic E-state index is 13.5. The number of carbonyl (C=O) groups is 2. The van der Waals surface area contributed by atoms with Crippen molar-refractivity contribution in [1.82, 2.24) is 0 Å². The molecule has 4 N–H and O–H groups in total. The standard InChI is InChI=1S/C27H38N2O5/c1-18(2)9-8-10-19(3)14-15-29-24-13-12-22(28-25(32)21(5)31)17-23(24)27(34,26(29)33)20(4)11-6-7-16-30/h6,9,11-14,17,20-21,30-31,34H,7-8,10,15-16H2,1-5H3,(H,28,32)/b11-6+,19-14+/t20-,21+,27+/m1/s1. The summed E-state index contributed by atoms with van der Waals surface area (Å²) in [6, 6.07) is 4.96. The summed E-state index contributed by atoms with van der Waals surface area (Å²) < 4.78 is 0. The van der Waals surface area contributed by atoms with Crippen LogP contribution in [-0.4, -0.2) is 46.4 Å². The first kappa shape index (κ1) is 27.5. The molecule has 34 heavy (non-hydrogen) atoms. The molecule has 0 aliphatic carbocycles. The van der Waals surface area contributed by atoms with Gasteiger partial charge in [-0.15, -0.1) is 0 Å². The summed E-state index contributed by atoms with van der Waals surface area (Å²) in [5, 5.41) is 32.9. The Kier molecular flexibility index (Phi) is 9.79. The number of carbonyl (C=O) groups excluding carboxylic acids is 2. The van der Waals surface area contributed by atoms with Crippen LogP contribution < -0.4 is 10.2 Å². The third-order valence-corrected chi connectivity index (χ3v) is 6.01. The molecule has 0 saturated carbocycles. The molecule has 1 heterocycles. The lowest BCUT2D eigenvalue weighted by atomic mass is 9.82. The molecular formula is C27H38N2O5. The Morgan fingerprint density at radius 2 is 1.88 bits per heavy atom. The first-order chi connectivity index (χ1) is 16.0. The number of allylic oxidation sites excluding steroid dienone is 3. The molecule has 7 nitrogen and oxygen atoms in total. The number of aliphatic hydroxyl groups is 3. The molecular weight excluding hydrogens is 432 g/mol. The molecule has 0 saturated heterocycles. The van der Waals surface area contributed by atoms with E-state index in [2.05, 4.69) is 25.2 Å². The minimum atomic E-state index is -1.82. The minimum Gasteiger partial charge on any atom is -0.396 e. The van der Waals surface area contributed by atoms with Gasteiger partial charge in [0.1, 0.15) is 6.10 Å². The Morgan fingerprint density at radius 1 is 1.18 bits per heavy atom. The smallest absolute Gasteiger partial charge is 0.264 e. The summed E-state index contributed by atoms with van der Waals surface area (Å²) >= 11 is 0. The molecule has 2 amide bonds. The SMILES string of the molecule is CC(C)=CCC/C(C)=C/CN1C(=O)[C@](O)([C@H](C)/C=C/CCO)c2cc(NC(=O)[C@H](C)O)ccc21. The molecule has 0 bridgehead atoms. The van der Waals surface area contributed by atoms with Gasteiger partial charge in [0.25, 0.3) is 11.8 Å². The number of anilines is 2. The van der Waals surface area contributed by atoms with Gasteiger partial charge in [0.05, 0.1) is 5.69 Å². The van der Waals surface area contributed by atoms with Crippen molar-refractivity contribution in [2.45, 2.75) is 65.6 Å². The van der Waals surface area contributed by atoms with Crippen molar-refractivity contribution in [3.05, 3.63) is 59.2 Å². The van der Waals surface area contributed by atoms with E-state index in [0.29, 0.717) is 29.9 Å². The maximum Gasteiger partial charge on any atom is 0.264 e. The van der Waals surface area contributed by atoms with Gasteiger partial charge in [-0.05, 0) is 65.2 Å². The average Bonchev–Trinajstić information content (AvgIpc) is 2.99.